The molecule has 1 atom stereocenters. The number of hydrogen-bond donors (Lipinski definition) is 1. The molecule has 0 aromatic heterocycles. The van der Waals surface area contributed by atoms with Crippen LogP contribution >= 0.6 is 12.6 Å². The summed E-state index contributed by atoms with van der Waals surface area (Å²) >= 11 is 4.73. The third-order valence-corrected chi connectivity index (χ3v) is 10.1. The van der Waals surface area contributed by atoms with E-state index in [0.29, 0.717) is 4.87 Å². The molecule has 0 spiro atoms. The number of thiol groups is 1. The minimum absolute atomic E-state index is 0.498. The van der Waals surface area contributed by atoms with Gasteiger partial charge in [0.25, 0.3) is 0 Å². The van der Waals surface area contributed by atoms with E-state index in [1.165, 1.54) is 0 Å². The van der Waals surface area contributed by atoms with Gasteiger partial charge in [0.15, 0.2) is 0 Å². The average Bonchev–Trinajstić information content (AvgIpc) is 2.20. The highest BCUT2D eigenvalue weighted by Gasteiger charge is 2.28. The van der Waals surface area contributed by atoms with Gasteiger partial charge in [-0.05, 0) is 23.8 Å². The van der Waals surface area contributed by atoms with Crippen molar-refractivity contribution in [2.75, 3.05) is 13.2 Å². The van der Waals surface area contributed by atoms with Crippen LogP contribution in [-0.2, 0) is 8.85 Å². The summed E-state index contributed by atoms with van der Waals surface area (Å²) in [6, 6.07) is 1.05. The smallest absolute Gasteiger partial charge is 0.322 e. The van der Waals surface area contributed by atoms with Gasteiger partial charge in [0.2, 0.25) is 0 Å². The lowest BCUT2D eigenvalue weighted by atomic mass is 10.5. The first-order valence-electron chi connectivity index (χ1n) is 6.33. The molecule has 0 aromatic rings. The molecular formula is C11H28O2SSi2. The zero-order valence-corrected chi connectivity index (χ0v) is 14.5. The molecule has 16 heavy (non-hydrogen) atoms. The molecule has 98 valence electrons. The van der Waals surface area contributed by atoms with Crippen molar-refractivity contribution >= 4 is 30.0 Å². The molecule has 0 aromatic carbocycles. The Labute approximate surface area is 109 Å². The molecule has 0 N–H and O–H groups in total. The third kappa shape index (κ3) is 7.89. The first-order chi connectivity index (χ1) is 7.41. The maximum Gasteiger partial charge on any atom is 0.322 e. The van der Waals surface area contributed by atoms with Crippen molar-refractivity contribution in [2.45, 2.75) is 57.2 Å². The molecule has 0 saturated heterocycles. The van der Waals surface area contributed by atoms with Crippen molar-refractivity contribution in [1.29, 1.82) is 0 Å². The Morgan fingerprint density at radius 3 is 1.81 bits per heavy atom. The van der Waals surface area contributed by atoms with Gasteiger partial charge in [0, 0.05) is 13.2 Å². The van der Waals surface area contributed by atoms with Gasteiger partial charge in [-0.25, -0.2) is 0 Å². The van der Waals surface area contributed by atoms with E-state index in [4.69, 9.17) is 21.5 Å². The molecule has 2 nitrogen and oxygen atoms in total. The summed E-state index contributed by atoms with van der Waals surface area (Å²) in [5.41, 5.74) is 0. The molecule has 0 radical (unpaired) electrons. The van der Waals surface area contributed by atoms with Crippen LogP contribution in [0.25, 0.3) is 0 Å². The lowest BCUT2D eigenvalue weighted by Crippen LogP contribution is -2.39. The quantitative estimate of drug-likeness (QED) is 0.516. The highest BCUT2D eigenvalue weighted by atomic mass is 32.1. The maximum absolute atomic E-state index is 5.85. The predicted molar refractivity (Wildman–Crippen MR) is 80.6 cm³/mol. The van der Waals surface area contributed by atoms with E-state index in [1.54, 1.807) is 0 Å². The summed E-state index contributed by atoms with van der Waals surface area (Å²) in [5, 5.41) is 0. The maximum atomic E-state index is 5.85. The van der Waals surface area contributed by atoms with E-state index in [9.17, 15) is 0 Å². The van der Waals surface area contributed by atoms with Crippen molar-refractivity contribution in [1.82, 2.24) is 0 Å². The zero-order chi connectivity index (χ0) is 12.6. The minimum atomic E-state index is -1.47. The van der Waals surface area contributed by atoms with E-state index >= 15 is 0 Å². The SMILES string of the molecule is CCCO[SiH](C[C@H](S)[Si](C)(C)C)OCCC. The van der Waals surface area contributed by atoms with Crippen molar-refractivity contribution in [3.8, 4) is 0 Å². The van der Waals surface area contributed by atoms with Gasteiger partial charge in [0.1, 0.15) is 0 Å². The van der Waals surface area contributed by atoms with Crippen molar-refractivity contribution in [3.05, 3.63) is 0 Å². The van der Waals surface area contributed by atoms with E-state index < -0.39 is 17.4 Å². The number of rotatable bonds is 9. The first-order valence-corrected chi connectivity index (χ1v) is 12.2. The molecule has 0 bridgehead atoms. The topological polar surface area (TPSA) is 18.5 Å². The lowest BCUT2D eigenvalue weighted by molar-refractivity contribution is 0.197. The molecule has 0 unspecified atom stereocenters. The molecule has 0 fully saturated rings. The van der Waals surface area contributed by atoms with E-state index in [1.807, 2.05) is 0 Å². The molecule has 0 aliphatic heterocycles. The first kappa shape index (κ1) is 16.7. The van der Waals surface area contributed by atoms with Crippen LogP contribution in [0.5, 0.6) is 0 Å². The van der Waals surface area contributed by atoms with Gasteiger partial charge in [-0.15, -0.1) is 0 Å². The van der Waals surface area contributed by atoms with Crippen LogP contribution in [-0.4, -0.2) is 35.4 Å². The Hall–Kier alpha value is 0.704. The van der Waals surface area contributed by atoms with Crippen LogP contribution in [0.4, 0.5) is 0 Å². The summed E-state index contributed by atoms with van der Waals surface area (Å²) < 4.78 is 11.7. The highest BCUT2D eigenvalue weighted by Crippen LogP contribution is 2.20. The zero-order valence-electron chi connectivity index (χ0n) is 11.5. The van der Waals surface area contributed by atoms with Gasteiger partial charge in [-0.2, -0.15) is 12.6 Å². The average molecular weight is 281 g/mol. The van der Waals surface area contributed by atoms with E-state index in [2.05, 4.69) is 33.5 Å². The van der Waals surface area contributed by atoms with Crippen LogP contribution in [0, 0.1) is 0 Å². The molecule has 0 aliphatic rings. The molecule has 0 rings (SSSR count). The van der Waals surface area contributed by atoms with E-state index in [0.717, 1.165) is 32.1 Å². The van der Waals surface area contributed by atoms with Crippen molar-refractivity contribution in [2.24, 2.45) is 0 Å². The minimum Gasteiger partial charge on any atom is -0.397 e. The Morgan fingerprint density at radius 2 is 1.50 bits per heavy atom. The van der Waals surface area contributed by atoms with Crippen LogP contribution in [0.1, 0.15) is 26.7 Å². The van der Waals surface area contributed by atoms with Crippen LogP contribution < -0.4 is 0 Å². The normalized spacial score (nSPS) is 14.4. The second kappa shape index (κ2) is 8.75. The summed E-state index contributed by atoms with van der Waals surface area (Å²) in [6.07, 6.45) is 2.15. The third-order valence-electron chi connectivity index (χ3n) is 2.43. The van der Waals surface area contributed by atoms with Crippen molar-refractivity contribution in [3.63, 3.8) is 0 Å². The van der Waals surface area contributed by atoms with Gasteiger partial charge < -0.3 is 8.85 Å². The predicted octanol–water partition coefficient (Wildman–Crippen LogP) is 3.24. The van der Waals surface area contributed by atoms with Gasteiger partial charge >= 0.3 is 9.28 Å². The lowest BCUT2D eigenvalue weighted by Gasteiger charge is -2.27. The highest BCUT2D eigenvalue weighted by molar-refractivity contribution is 7.83. The largest absolute Gasteiger partial charge is 0.397 e. The summed E-state index contributed by atoms with van der Waals surface area (Å²) in [6.45, 7) is 13.0. The Morgan fingerprint density at radius 1 is 1.06 bits per heavy atom. The summed E-state index contributed by atoms with van der Waals surface area (Å²) in [4.78, 5) is 0.498. The van der Waals surface area contributed by atoms with Crippen LogP contribution in [0.2, 0.25) is 25.7 Å². The summed E-state index contributed by atoms with van der Waals surface area (Å²) in [5.74, 6) is 0. The Balaban J connectivity index is 4.07. The standard InChI is InChI=1S/C11H28O2SSi2/c1-6-8-12-15(13-9-7-2)10-11(14)16(3,4)5/h11,14-15H,6-10H2,1-5H3/t11-/m1/s1. The van der Waals surface area contributed by atoms with Gasteiger partial charge in [-0.1, -0.05) is 33.5 Å². The van der Waals surface area contributed by atoms with Crippen LogP contribution in [0.15, 0.2) is 0 Å². The van der Waals surface area contributed by atoms with E-state index in [-0.39, 0.29) is 0 Å². The monoisotopic (exact) mass is 280 g/mol. The second-order valence-electron chi connectivity index (χ2n) is 5.29. The molecular weight excluding hydrogens is 252 g/mol. The fraction of sp³-hybridized carbons (Fsp3) is 1.00. The Bertz CT molecular complexity index is 166. The van der Waals surface area contributed by atoms with Gasteiger partial charge in [-0.3, -0.25) is 0 Å². The molecule has 0 saturated carbocycles. The second-order valence-corrected chi connectivity index (χ2v) is 13.8. The molecule has 0 amide bonds. The van der Waals surface area contributed by atoms with Gasteiger partial charge in [0.05, 0.1) is 8.07 Å². The molecule has 0 heterocycles. The Kier molecular flexibility index (Phi) is 9.13. The summed E-state index contributed by atoms with van der Waals surface area (Å²) in [7, 11) is -2.63. The fourth-order valence-electron chi connectivity index (χ4n) is 1.22. The fourth-order valence-corrected chi connectivity index (χ4v) is 6.87. The molecule has 5 heteroatoms. The van der Waals surface area contributed by atoms with Crippen LogP contribution in [0.3, 0.4) is 0 Å². The van der Waals surface area contributed by atoms with Crippen molar-refractivity contribution < 1.29 is 8.85 Å². The number of hydrogen-bond acceptors (Lipinski definition) is 3. The molecule has 0 aliphatic carbocycles.